The third kappa shape index (κ3) is 4.03. The number of rotatable bonds is 5. The SMILES string of the molecule is Cn1cnc(-c2ccc(Cn3cc(C(=O)N[C@H]4CCCCC4O)c4ncccc43)cc2)c1. The van der Waals surface area contributed by atoms with Crippen LogP contribution in [0.4, 0.5) is 0 Å². The number of carbonyl (C=O) groups is 1. The van der Waals surface area contributed by atoms with E-state index in [0.29, 0.717) is 17.6 Å². The summed E-state index contributed by atoms with van der Waals surface area (Å²) in [6.07, 6.45) is 10.5. The summed E-state index contributed by atoms with van der Waals surface area (Å²) in [6, 6.07) is 12.0. The van der Waals surface area contributed by atoms with Crippen molar-refractivity contribution in [3.8, 4) is 11.3 Å². The van der Waals surface area contributed by atoms with Crippen molar-refractivity contribution in [3.63, 3.8) is 0 Å². The van der Waals surface area contributed by atoms with Crippen LogP contribution >= 0.6 is 0 Å². The molecule has 7 nitrogen and oxygen atoms in total. The molecule has 0 spiro atoms. The first kappa shape index (κ1) is 20.5. The number of nitrogens with one attached hydrogen (secondary N) is 1. The summed E-state index contributed by atoms with van der Waals surface area (Å²) in [7, 11) is 1.96. The van der Waals surface area contributed by atoms with Gasteiger partial charge in [0.25, 0.3) is 5.91 Å². The first-order valence-electron chi connectivity index (χ1n) is 11.1. The highest BCUT2D eigenvalue weighted by molar-refractivity contribution is 6.05. The number of nitrogens with zero attached hydrogens (tertiary/aromatic N) is 4. The molecule has 1 amide bonds. The Kier molecular flexibility index (Phi) is 5.49. The predicted octanol–water partition coefficient (Wildman–Crippen LogP) is 3.52. The number of aliphatic hydroxyl groups is 1. The molecule has 164 valence electrons. The lowest BCUT2D eigenvalue weighted by Crippen LogP contribution is -2.45. The second-order valence-corrected chi connectivity index (χ2v) is 8.59. The molecule has 1 saturated carbocycles. The van der Waals surface area contributed by atoms with Crippen LogP contribution in [0, 0.1) is 0 Å². The number of aliphatic hydroxyl groups excluding tert-OH is 1. The zero-order valence-electron chi connectivity index (χ0n) is 18.1. The number of imidazole rings is 1. The van der Waals surface area contributed by atoms with Crippen LogP contribution in [-0.4, -0.2) is 42.3 Å². The Balaban J connectivity index is 1.39. The monoisotopic (exact) mass is 429 g/mol. The summed E-state index contributed by atoms with van der Waals surface area (Å²) in [5, 5.41) is 13.3. The summed E-state index contributed by atoms with van der Waals surface area (Å²) in [5.41, 5.74) is 5.28. The molecule has 3 heterocycles. The van der Waals surface area contributed by atoms with Crippen LogP contribution in [0.1, 0.15) is 41.6 Å². The molecule has 4 aromatic rings. The molecule has 1 fully saturated rings. The van der Waals surface area contributed by atoms with Gasteiger partial charge >= 0.3 is 0 Å². The number of hydrogen-bond donors (Lipinski definition) is 2. The largest absolute Gasteiger partial charge is 0.391 e. The molecule has 5 rings (SSSR count). The summed E-state index contributed by atoms with van der Waals surface area (Å²) in [6.45, 7) is 0.629. The van der Waals surface area contributed by atoms with Crippen LogP contribution in [0.3, 0.4) is 0 Å². The van der Waals surface area contributed by atoms with Crippen LogP contribution in [0.5, 0.6) is 0 Å². The van der Waals surface area contributed by atoms with Gasteiger partial charge in [-0.2, -0.15) is 0 Å². The molecule has 1 aliphatic rings. The molecule has 32 heavy (non-hydrogen) atoms. The zero-order chi connectivity index (χ0) is 22.1. The molecular weight excluding hydrogens is 402 g/mol. The third-order valence-electron chi connectivity index (χ3n) is 6.23. The van der Waals surface area contributed by atoms with Gasteiger partial charge in [-0.3, -0.25) is 9.78 Å². The molecule has 0 saturated heterocycles. The van der Waals surface area contributed by atoms with Gasteiger partial charge in [-0.25, -0.2) is 4.98 Å². The first-order chi connectivity index (χ1) is 15.6. The lowest BCUT2D eigenvalue weighted by Gasteiger charge is -2.28. The van der Waals surface area contributed by atoms with Crippen LogP contribution in [0.25, 0.3) is 22.3 Å². The van der Waals surface area contributed by atoms with Gasteiger partial charge < -0.3 is 19.6 Å². The maximum atomic E-state index is 13.1. The Bertz CT molecular complexity index is 1240. The Hall–Kier alpha value is -3.45. The minimum Gasteiger partial charge on any atom is -0.391 e. The molecule has 1 aliphatic carbocycles. The van der Waals surface area contributed by atoms with Crippen molar-refractivity contribution in [2.45, 2.75) is 44.4 Å². The molecule has 7 heteroatoms. The molecule has 2 atom stereocenters. The number of benzene rings is 1. The van der Waals surface area contributed by atoms with E-state index < -0.39 is 6.10 Å². The number of aromatic nitrogens is 4. The first-order valence-corrected chi connectivity index (χ1v) is 11.1. The highest BCUT2D eigenvalue weighted by Gasteiger charge is 2.26. The Labute approximate surface area is 186 Å². The van der Waals surface area contributed by atoms with Gasteiger partial charge in [-0.15, -0.1) is 0 Å². The molecule has 0 radical (unpaired) electrons. The number of hydrogen-bond acceptors (Lipinski definition) is 4. The molecule has 0 bridgehead atoms. The van der Waals surface area contributed by atoms with Crippen LogP contribution in [0.2, 0.25) is 0 Å². The Morgan fingerprint density at radius 1 is 1.12 bits per heavy atom. The van der Waals surface area contributed by atoms with Crippen molar-refractivity contribution in [2.75, 3.05) is 0 Å². The van der Waals surface area contributed by atoms with E-state index in [1.807, 2.05) is 36.1 Å². The van der Waals surface area contributed by atoms with Crippen LogP contribution < -0.4 is 5.32 Å². The van der Waals surface area contributed by atoms with E-state index >= 15 is 0 Å². The summed E-state index contributed by atoms with van der Waals surface area (Å²) in [4.78, 5) is 21.9. The molecule has 1 aromatic carbocycles. The smallest absolute Gasteiger partial charge is 0.255 e. The maximum Gasteiger partial charge on any atom is 0.255 e. The van der Waals surface area contributed by atoms with Crippen molar-refractivity contribution >= 4 is 16.9 Å². The highest BCUT2D eigenvalue weighted by Crippen LogP contribution is 2.24. The number of pyridine rings is 1. The quantitative estimate of drug-likeness (QED) is 0.508. The average Bonchev–Trinajstić information content (AvgIpc) is 3.40. The number of carbonyl (C=O) groups excluding carboxylic acids is 1. The minimum absolute atomic E-state index is 0.177. The number of aryl methyl sites for hydroxylation is 1. The van der Waals surface area contributed by atoms with E-state index in [2.05, 4.69) is 44.1 Å². The fourth-order valence-corrected chi connectivity index (χ4v) is 4.48. The molecule has 3 aromatic heterocycles. The van der Waals surface area contributed by atoms with E-state index in [1.54, 1.807) is 12.5 Å². The summed E-state index contributed by atoms with van der Waals surface area (Å²) < 4.78 is 3.99. The lowest BCUT2D eigenvalue weighted by atomic mass is 9.92. The fourth-order valence-electron chi connectivity index (χ4n) is 4.48. The highest BCUT2D eigenvalue weighted by atomic mass is 16.3. The van der Waals surface area contributed by atoms with Gasteiger partial charge in [0.2, 0.25) is 0 Å². The van der Waals surface area contributed by atoms with Gasteiger partial charge in [-0.1, -0.05) is 37.1 Å². The van der Waals surface area contributed by atoms with Crippen molar-refractivity contribution in [1.82, 2.24) is 24.4 Å². The lowest BCUT2D eigenvalue weighted by molar-refractivity contribution is 0.0718. The Morgan fingerprint density at radius 2 is 1.94 bits per heavy atom. The third-order valence-corrected chi connectivity index (χ3v) is 6.23. The van der Waals surface area contributed by atoms with Crippen molar-refractivity contribution in [1.29, 1.82) is 0 Å². The van der Waals surface area contributed by atoms with Gasteiger partial charge in [0, 0.05) is 37.7 Å². The minimum atomic E-state index is -0.480. The van der Waals surface area contributed by atoms with Crippen LogP contribution in [0.15, 0.2) is 61.3 Å². The van der Waals surface area contributed by atoms with Crippen molar-refractivity contribution in [3.05, 3.63) is 72.4 Å². The van der Waals surface area contributed by atoms with Gasteiger partial charge in [0.05, 0.1) is 35.2 Å². The second-order valence-electron chi connectivity index (χ2n) is 8.59. The topological polar surface area (TPSA) is 85.0 Å². The van der Waals surface area contributed by atoms with Crippen molar-refractivity contribution in [2.24, 2.45) is 7.05 Å². The van der Waals surface area contributed by atoms with E-state index in [9.17, 15) is 9.90 Å². The van der Waals surface area contributed by atoms with Gasteiger partial charge in [0.15, 0.2) is 0 Å². The normalized spacial score (nSPS) is 18.7. The van der Waals surface area contributed by atoms with E-state index in [4.69, 9.17) is 0 Å². The maximum absolute atomic E-state index is 13.1. The van der Waals surface area contributed by atoms with Gasteiger partial charge in [-0.05, 0) is 30.5 Å². The molecule has 0 aliphatic heterocycles. The summed E-state index contributed by atoms with van der Waals surface area (Å²) in [5.74, 6) is -0.177. The predicted molar refractivity (Wildman–Crippen MR) is 123 cm³/mol. The number of amides is 1. The fraction of sp³-hybridized carbons (Fsp3) is 0.320. The molecule has 2 N–H and O–H groups in total. The van der Waals surface area contributed by atoms with E-state index in [0.717, 1.165) is 48.0 Å². The van der Waals surface area contributed by atoms with Crippen molar-refractivity contribution < 1.29 is 9.90 Å². The Morgan fingerprint density at radius 3 is 2.69 bits per heavy atom. The van der Waals surface area contributed by atoms with E-state index in [1.165, 1.54) is 0 Å². The summed E-state index contributed by atoms with van der Waals surface area (Å²) >= 11 is 0. The zero-order valence-corrected chi connectivity index (χ0v) is 18.1. The van der Waals surface area contributed by atoms with Gasteiger partial charge in [0.1, 0.15) is 5.52 Å². The average molecular weight is 430 g/mol. The number of fused-ring (bicyclic) bond motifs is 1. The standard InChI is InChI=1S/C25H27N5O2/c1-29-15-21(27-16-29)18-10-8-17(9-11-18)13-30-14-19(24-22(30)6-4-12-26-24)25(32)28-20-5-2-3-7-23(20)31/h4,6,8-12,14-16,20,23,31H,2-3,5,7,13H2,1H3,(H,28,32)/t20-,23?/m0/s1. The van der Waals surface area contributed by atoms with E-state index in [-0.39, 0.29) is 11.9 Å². The second kappa shape index (κ2) is 8.59. The molecular formula is C25H27N5O2. The van der Waals surface area contributed by atoms with Crippen LogP contribution in [-0.2, 0) is 13.6 Å². The molecule has 1 unspecified atom stereocenters.